The third-order valence-corrected chi connectivity index (χ3v) is 4.74. The van der Waals surface area contributed by atoms with E-state index >= 15 is 0 Å². The Kier molecular flexibility index (Phi) is 3.48. The molecule has 1 heterocycles. The Morgan fingerprint density at radius 2 is 2.05 bits per heavy atom. The Morgan fingerprint density at radius 3 is 2.75 bits per heavy atom. The molecule has 1 aromatic carbocycles. The van der Waals surface area contributed by atoms with Gasteiger partial charge >= 0.3 is 0 Å². The summed E-state index contributed by atoms with van der Waals surface area (Å²) in [6.07, 6.45) is 1.64. The van der Waals surface area contributed by atoms with Crippen molar-refractivity contribution in [2.45, 2.75) is 18.9 Å². The second-order valence-electron chi connectivity index (χ2n) is 5.72. The quantitative estimate of drug-likeness (QED) is 0.802. The van der Waals surface area contributed by atoms with Crippen LogP contribution in [-0.2, 0) is 0 Å². The summed E-state index contributed by atoms with van der Waals surface area (Å²) >= 11 is 4.94. The third kappa shape index (κ3) is 2.31. The zero-order chi connectivity index (χ0) is 14.3. The molecule has 2 fully saturated rings. The van der Waals surface area contributed by atoms with Crippen LogP contribution in [0.25, 0.3) is 0 Å². The summed E-state index contributed by atoms with van der Waals surface area (Å²) in [5.74, 6) is 0.704. The van der Waals surface area contributed by atoms with E-state index in [4.69, 9.17) is 18.0 Å². The van der Waals surface area contributed by atoms with Crippen molar-refractivity contribution in [1.82, 2.24) is 4.90 Å². The van der Waals surface area contributed by atoms with E-state index in [0.717, 1.165) is 19.4 Å². The molecule has 3 atom stereocenters. The number of hydrogen-bond acceptors (Lipinski definition) is 3. The summed E-state index contributed by atoms with van der Waals surface area (Å²) in [5, 5.41) is 9.91. The highest BCUT2D eigenvalue weighted by Crippen LogP contribution is 2.38. The van der Waals surface area contributed by atoms with Crippen LogP contribution in [-0.4, -0.2) is 40.1 Å². The van der Waals surface area contributed by atoms with Crippen molar-refractivity contribution in [3.8, 4) is 0 Å². The van der Waals surface area contributed by atoms with Gasteiger partial charge in [0.1, 0.15) is 4.99 Å². The Labute approximate surface area is 123 Å². The largest absolute Gasteiger partial charge is 0.393 e. The minimum absolute atomic E-state index is 0.00435. The van der Waals surface area contributed by atoms with Crippen LogP contribution in [0.1, 0.15) is 28.8 Å². The smallest absolute Gasteiger partial charge is 0.253 e. The van der Waals surface area contributed by atoms with Crippen LogP contribution in [0, 0.1) is 11.8 Å². The maximum atomic E-state index is 12.5. The lowest BCUT2D eigenvalue weighted by molar-refractivity contribution is 0.0752. The minimum atomic E-state index is -0.249. The molecular weight excluding hydrogens is 272 g/mol. The van der Waals surface area contributed by atoms with E-state index in [-0.39, 0.29) is 17.9 Å². The minimum Gasteiger partial charge on any atom is -0.393 e. The summed E-state index contributed by atoms with van der Waals surface area (Å²) in [6.45, 7) is 1.40. The van der Waals surface area contributed by atoms with Crippen molar-refractivity contribution in [2.75, 3.05) is 13.1 Å². The number of aliphatic hydroxyl groups excluding tert-OH is 1. The lowest BCUT2D eigenvalue weighted by Crippen LogP contribution is -2.31. The number of fused-ring (bicyclic) bond motifs is 1. The SMILES string of the molecule is NC(=S)c1cccc(C(=O)N2CC3CCC(O)C3C2)c1. The third-order valence-electron chi connectivity index (χ3n) is 4.50. The zero-order valence-corrected chi connectivity index (χ0v) is 12.0. The van der Waals surface area contributed by atoms with Crippen LogP contribution in [0.4, 0.5) is 0 Å². The topological polar surface area (TPSA) is 66.6 Å². The first kappa shape index (κ1) is 13.5. The van der Waals surface area contributed by atoms with Gasteiger partial charge in [-0.15, -0.1) is 0 Å². The lowest BCUT2D eigenvalue weighted by Gasteiger charge is -2.18. The van der Waals surface area contributed by atoms with Crippen LogP contribution in [0.2, 0.25) is 0 Å². The maximum absolute atomic E-state index is 12.5. The Bertz CT molecular complexity index is 561. The van der Waals surface area contributed by atoms with Gasteiger partial charge in [-0.2, -0.15) is 0 Å². The van der Waals surface area contributed by atoms with Crippen LogP contribution in [0.3, 0.4) is 0 Å². The predicted molar refractivity (Wildman–Crippen MR) is 80.5 cm³/mol. The molecule has 4 nitrogen and oxygen atoms in total. The fourth-order valence-corrected chi connectivity index (χ4v) is 3.52. The maximum Gasteiger partial charge on any atom is 0.253 e. The molecule has 0 spiro atoms. The van der Waals surface area contributed by atoms with Gasteiger partial charge in [0.15, 0.2) is 0 Å². The zero-order valence-electron chi connectivity index (χ0n) is 11.2. The summed E-state index contributed by atoms with van der Waals surface area (Å²) in [6, 6.07) is 7.14. The first-order valence-electron chi connectivity index (χ1n) is 6.93. The normalized spacial score (nSPS) is 28.4. The van der Waals surface area contributed by atoms with Gasteiger partial charge in [-0.25, -0.2) is 0 Å². The predicted octanol–water partition coefficient (Wildman–Crippen LogP) is 1.16. The number of rotatable bonds is 2. The molecule has 20 heavy (non-hydrogen) atoms. The summed E-state index contributed by atoms with van der Waals surface area (Å²) in [5.41, 5.74) is 6.93. The highest BCUT2D eigenvalue weighted by molar-refractivity contribution is 7.80. The first-order chi connectivity index (χ1) is 9.56. The highest BCUT2D eigenvalue weighted by Gasteiger charge is 2.43. The number of thiocarbonyl (C=S) groups is 1. The average Bonchev–Trinajstić information content (AvgIpc) is 3.01. The van der Waals surface area contributed by atoms with Crippen LogP contribution < -0.4 is 5.73 Å². The molecule has 3 unspecified atom stereocenters. The van der Waals surface area contributed by atoms with Crippen molar-refractivity contribution >= 4 is 23.1 Å². The molecule has 1 aromatic rings. The summed E-state index contributed by atoms with van der Waals surface area (Å²) in [4.78, 5) is 14.7. The standard InChI is InChI=1S/C15H18N2O2S/c16-14(20)9-2-1-3-10(6-9)15(19)17-7-11-4-5-13(18)12(11)8-17/h1-3,6,11-13,18H,4-5,7-8H2,(H2,16,20). The second kappa shape index (κ2) is 5.14. The fraction of sp³-hybridized carbons (Fsp3) is 0.467. The number of carbonyl (C=O) groups is 1. The summed E-state index contributed by atoms with van der Waals surface area (Å²) < 4.78 is 0. The van der Waals surface area contributed by atoms with Gasteiger partial charge in [-0.3, -0.25) is 4.79 Å². The molecule has 1 amide bonds. The molecule has 3 rings (SSSR count). The first-order valence-corrected chi connectivity index (χ1v) is 7.34. The number of likely N-dealkylation sites (tertiary alicyclic amines) is 1. The molecule has 3 N–H and O–H groups in total. The summed E-state index contributed by atoms with van der Waals surface area (Å²) in [7, 11) is 0. The van der Waals surface area contributed by atoms with E-state index in [2.05, 4.69) is 0 Å². The van der Waals surface area contributed by atoms with E-state index in [1.54, 1.807) is 18.2 Å². The Balaban J connectivity index is 1.77. The second-order valence-corrected chi connectivity index (χ2v) is 6.16. The molecule has 0 radical (unpaired) electrons. The molecule has 2 aliphatic rings. The molecule has 0 bridgehead atoms. The Morgan fingerprint density at radius 1 is 1.30 bits per heavy atom. The molecule has 5 heteroatoms. The van der Waals surface area contributed by atoms with E-state index < -0.39 is 0 Å². The van der Waals surface area contributed by atoms with E-state index in [9.17, 15) is 9.90 Å². The van der Waals surface area contributed by atoms with Crippen molar-refractivity contribution in [1.29, 1.82) is 0 Å². The number of amides is 1. The van der Waals surface area contributed by atoms with Gasteiger partial charge in [0.05, 0.1) is 6.10 Å². The van der Waals surface area contributed by atoms with Crippen LogP contribution >= 0.6 is 12.2 Å². The van der Waals surface area contributed by atoms with E-state index in [0.29, 0.717) is 28.6 Å². The average molecular weight is 290 g/mol. The highest BCUT2D eigenvalue weighted by atomic mass is 32.1. The van der Waals surface area contributed by atoms with Crippen LogP contribution in [0.15, 0.2) is 24.3 Å². The Hall–Kier alpha value is -1.46. The molecule has 1 saturated heterocycles. The van der Waals surface area contributed by atoms with E-state index in [1.165, 1.54) is 0 Å². The van der Waals surface area contributed by atoms with Gasteiger partial charge in [0.25, 0.3) is 5.91 Å². The molecule has 0 aromatic heterocycles. The molecule has 106 valence electrons. The monoisotopic (exact) mass is 290 g/mol. The molecule has 1 aliphatic carbocycles. The number of nitrogens with two attached hydrogens (primary N) is 1. The van der Waals surface area contributed by atoms with Gasteiger partial charge in [0.2, 0.25) is 0 Å². The van der Waals surface area contributed by atoms with Crippen LogP contribution in [0.5, 0.6) is 0 Å². The molecular formula is C15H18N2O2S. The van der Waals surface area contributed by atoms with Crippen molar-refractivity contribution in [3.05, 3.63) is 35.4 Å². The van der Waals surface area contributed by atoms with Gasteiger partial charge < -0.3 is 15.7 Å². The molecule has 1 saturated carbocycles. The van der Waals surface area contributed by atoms with Crippen molar-refractivity contribution in [2.24, 2.45) is 17.6 Å². The number of hydrogen-bond donors (Lipinski definition) is 2. The number of carbonyl (C=O) groups excluding carboxylic acids is 1. The number of aliphatic hydroxyl groups is 1. The van der Waals surface area contributed by atoms with Crippen molar-refractivity contribution in [3.63, 3.8) is 0 Å². The van der Waals surface area contributed by atoms with E-state index in [1.807, 2.05) is 11.0 Å². The number of benzene rings is 1. The fourth-order valence-electron chi connectivity index (χ4n) is 3.39. The van der Waals surface area contributed by atoms with Gasteiger partial charge in [0, 0.05) is 30.1 Å². The number of nitrogens with zero attached hydrogens (tertiary/aromatic N) is 1. The van der Waals surface area contributed by atoms with Crippen molar-refractivity contribution < 1.29 is 9.90 Å². The molecule has 1 aliphatic heterocycles. The lowest BCUT2D eigenvalue weighted by atomic mass is 10.00. The van der Waals surface area contributed by atoms with Gasteiger partial charge in [-0.1, -0.05) is 24.4 Å². The van der Waals surface area contributed by atoms with Gasteiger partial charge in [-0.05, 0) is 30.9 Å².